The number of hydrogen-bond donors (Lipinski definition) is 1. The summed E-state index contributed by atoms with van der Waals surface area (Å²) in [5, 5.41) is 3.32. The fourth-order valence-corrected chi connectivity index (χ4v) is 1.44. The minimum Gasteiger partial charge on any atom is -0.458 e. The summed E-state index contributed by atoms with van der Waals surface area (Å²) in [6, 6.07) is 7.92. The molecule has 1 aromatic rings. The molecular formula is C12H13NO. The highest BCUT2D eigenvalue weighted by atomic mass is 16.5. The Balaban J connectivity index is 2.36. The normalized spacial score (nSPS) is 15.0. The highest BCUT2D eigenvalue weighted by Gasteiger charge is 2.13. The Hall–Kier alpha value is -1.70. The SMILES string of the molecule is C/C=C\C1=C(C)Oc2ccccc2N1. The molecule has 0 radical (unpaired) electrons. The smallest absolute Gasteiger partial charge is 0.150 e. The Morgan fingerprint density at radius 3 is 2.86 bits per heavy atom. The zero-order chi connectivity index (χ0) is 9.97. The maximum Gasteiger partial charge on any atom is 0.150 e. The molecule has 0 fully saturated rings. The van der Waals surface area contributed by atoms with Crippen molar-refractivity contribution in [2.24, 2.45) is 0 Å². The van der Waals surface area contributed by atoms with Gasteiger partial charge in [-0.25, -0.2) is 0 Å². The van der Waals surface area contributed by atoms with Gasteiger partial charge in [-0.2, -0.15) is 0 Å². The van der Waals surface area contributed by atoms with Crippen molar-refractivity contribution in [3.63, 3.8) is 0 Å². The maximum absolute atomic E-state index is 5.66. The van der Waals surface area contributed by atoms with Gasteiger partial charge in [-0.15, -0.1) is 0 Å². The first-order valence-corrected chi connectivity index (χ1v) is 4.68. The third kappa shape index (κ3) is 1.51. The van der Waals surface area contributed by atoms with Gasteiger partial charge in [-0.1, -0.05) is 18.2 Å². The van der Waals surface area contributed by atoms with Gasteiger partial charge in [0, 0.05) is 0 Å². The van der Waals surface area contributed by atoms with E-state index in [2.05, 4.69) is 5.32 Å². The lowest BCUT2D eigenvalue weighted by atomic mass is 10.2. The number of allylic oxidation sites excluding steroid dienone is 3. The number of anilines is 1. The summed E-state index contributed by atoms with van der Waals surface area (Å²) in [6.07, 6.45) is 3.99. The minimum atomic E-state index is 0.887. The van der Waals surface area contributed by atoms with E-state index < -0.39 is 0 Å². The van der Waals surface area contributed by atoms with Crippen LogP contribution >= 0.6 is 0 Å². The van der Waals surface area contributed by atoms with E-state index in [-0.39, 0.29) is 0 Å². The van der Waals surface area contributed by atoms with E-state index in [4.69, 9.17) is 4.74 Å². The molecule has 1 heterocycles. The molecular weight excluding hydrogens is 174 g/mol. The molecule has 14 heavy (non-hydrogen) atoms. The highest BCUT2D eigenvalue weighted by Crippen LogP contribution is 2.31. The number of fused-ring (bicyclic) bond motifs is 1. The van der Waals surface area contributed by atoms with Crippen LogP contribution < -0.4 is 10.1 Å². The Morgan fingerprint density at radius 2 is 2.07 bits per heavy atom. The largest absolute Gasteiger partial charge is 0.458 e. The van der Waals surface area contributed by atoms with E-state index in [9.17, 15) is 0 Å². The lowest BCUT2D eigenvalue weighted by molar-refractivity contribution is 0.419. The third-order valence-corrected chi connectivity index (χ3v) is 2.13. The summed E-state index contributed by atoms with van der Waals surface area (Å²) in [7, 11) is 0. The van der Waals surface area contributed by atoms with Crippen LogP contribution in [-0.4, -0.2) is 0 Å². The van der Waals surface area contributed by atoms with Crippen molar-refractivity contribution in [2.75, 3.05) is 5.32 Å². The van der Waals surface area contributed by atoms with Crippen LogP contribution in [0.25, 0.3) is 0 Å². The van der Waals surface area contributed by atoms with E-state index >= 15 is 0 Å². The van der Waals surface area contributed by atoms with Crippen LogP contribution in [0, 0.1) is 0 Å². The number of nitrogens with one attached hydrogen (secondary N) is 1. The van der Waals surface area contributed by atoms with E-state index in [0.717, 1.165) is 22.9 Å². The molecule has 2 nitrogen and oxygen atoms in total. The number of para-hydroxylation sites is 2. The van der Waals surface area contributed by atoms with Crippen molar-refractivity contribution in [2.45, 2.75) is 13.8 Å². The van der Waals surface area contributed by atoms with Crippen LogP contribution in [0.15, 0.2) is 47.9 Å². The summed E-state index contributed by atoms with van der Waals surface area (Å²) >= 11 is 0. The zero-order valence-electron chi connectivity index (χ0n) is 8.37. The second-order valence-electron chi connectivity index (χ2n) is 3.19. The van der Waals surface area contributed by atoms with Crippen LogP contribution in [-0.2, 0) is 0 Å². The van der Waals surface area contributed by atoms with Crippen LogP contribution in [0.4, 0.5) is 5.69 Å². The molecule has 1 aromatic carbocycles. The molecule has 0 unspecified atom stereocenters. The average Bonchev–Trinajstić information content (AvgIpc) is 2.19. The Morgan fingerprint density at radius 1 is 1.29 bits per heavy atom. The standard InChI is InChI=1S/C12H13NO/c1-3-6-10-9(2)14-12-8-5-4-7-11(12)13-10/h3-8,13H,1-2H3/b6-3-. The van der Waals surface area contributed by atoms with Crippen molar-refractivity contribution in [1.82, 2.24) is 0 Å². The summed E-state index contributed by atoms with van der Waals surface area (Å²) in [5.74, 6) is 1.79. The number of ether oxygens (including phenoxy) is 1. The first kappa shape index (κ1) is 8.88. The Kier molecular flexibility index (Phi) is 2.27. The van der Waals surface area contributed by atoms with Gasteiger partial charge in [0.05, 0.1) is 11.4 Å². The monoisotopic (exact) mass is 187 g/mol. The number of hydrogen-bond acceptors (Lipinski definition) is 2. The van der Waals surface area contributed by atoms with Crippen molar-refractivity contribution in [3.05, 3.63) is 47.9 Å². The fourth-order valence-electron chi connectivity index (χ4n) is 1.44. The molecule has 0 amide bonds. The highest BCUT2D eigenvalue weighted by molar-refractivity contribution is 5.63. The minimum absolute atomic E-state index is 0.887. The molecule has 0 saturated carbocycles. The topological polar surface area (TPSA) is 21.3 Å². The Labute approximate surface area is 83.9 Å². The van der Waals surface area contributed by atoms with E-state index in [0.29, 0.717) is 0 Å². The molecule has 0 spiro atoms. The Bertz CT molecular complexity index is 405. The maximum atomic E-state index is 5.66. The average molecular weight is 187 g/mol. The van der Waals surface area contributed by atoms with Crippen molar-refractivity contribution in [3.8, 4) is 5.75 Å². The molecule has 2 rings (SSSR count). The van der Waals surface area contributed by atoms with Gasteiger partial charge in [0.25, 0.3) is 0 Å². The lowest BCUT2D eigenvalue weighted by Crippen LogP contribution is -2.10. The summed E-state index contributed by atoms with van der Waals surface area (Å²) in [6.45, 7) is 3.95. The first-order chi connectivity index (χ1) is 6.81. The molecule has 0 aliphatic carbocycles. The molecule has 1 aliphatic rings. The van der Waals surface area contributed by atoms with Crippen LogP contribution in [0.3, 0.4) is 0 Å². The number of benzene rings is 1. The fraction of sp³-hybridized carbons (Fsp3) is 0.167. The molecule has 2 heteroatoms. The van der Waals surface area contributed by atoms with Crippen molar-refractivity contribution >= 4 is 5.69 Å². The number of rotatable bonds is 1. The summed E-state index contributed by atoms with van der Waals surface area (Å²) < 4.78 is 5.66. The summed E-state index contributed by atoms with van der Waals surface area (Å²) in [4.78, 5) is 0. The second kappa shape index (κ2) is 3.58. The van der Waals surface area contributed by atoms with Gasteiger partial charge < -0.3 is 10.1 Å². The quantitative estimate of drug-likeness (QED) is 0.728. The van der Waals surface area contributed by atoms with Crippen molar-refractivity contribution < 1.29 is 4.74 Å². The molecule has 0 bridgehead atoms. The zero-order valence-corrected chi connectivity index (χ0v) is 8.37. The van der Waals surface area contributed by atoms with E-state index in [1.807, 2.05) is 50.3 Å². The molecule has 0 saturated heterocycles. The van der Waals surface area contributed by atoms with Gasteiger partial charge in [-0.3, -0.25) is 0 Å². The molecule has 1 N–H and O–H groups in total. The second-order valence-corrected chi connectivity index (χ2v) is 3.19. The van der Waals surface area contributed by atoms with Gasteiger partial charge in [0.15, 0.2) is 0 Å². The van der Waals surface area contributed by atoms with Crippen LogP contribution in [0.1, 0.15) is 13.8 Å². The van der Waals surface area contributed by atoms with Gasteiger partial charge in [0.2, 0.25) is 0 Å². The van der Waals surface area contributed by atoms with Gasteiger partial charge in [0.1, 0.15) is 11.5 Å². The van der Waals surface area contributed by atoms with Crippen LogP contribution in [0.2, 0.25) is 0 Å². The van der Waals surface area contributed by atoms with E-state index in [1.54, 1.807) is 0 Å². The molecule has 0 atom stereocenters. The molecule has 0 aromatic heterocycles. The third-order valence-electron chi connectivity index (χ3n) is 2.13. The predicted octanol–water partition coefficient (Wildman–Crippen LogP) is 3.30. The predicted molar refractivity (Wildman–Crippen MR) is 58.2 cm³/mol. The molecule has 1 aliphatic heterocycles. The van der Waals surface area contributed by atoms with Crippen molar-refractivity contribution in [1.29, 1.82) is 0 Å². The van der Waals surface area contributed by atoms with Gasteiger partial charge in [-0.05, 0) is 32.1 Å². The van der Waals surface area contributed by atoms with Crippen LogP contribution in [0.5, 0.6) is 5.75 Å². The first-order valence-electron chi connectivity index (χ1n) is 4.68. The van der Waals surface area contributed by atoms with E-state index in [1.165, 1.54) is 0 Å². The van der Waals surface area contributed by atoms with Gasteiger partial charge >= 0.3 is 0 Å². The molecule has 72 valence electrons. The lowest BCUT2D eigenvalue weighted by Gasteiger charge is -2.21. The summed E-state index contributed by atoms with van der Waals surface area (Å²) in [5.41, 5.74) is 2.04.